The standard InChI is InChI=1S/C9H15NO/c1-2-3-6-9(11)8-5-4-7-10-8/h2-3,6,8,10-11H,4-5,7H2,1H3/b3-2+,9-6-. The van der Waals surface area contributed by atoms with Crippen molar-refractivity contribution in [3.05, 3.63) is 24.0 Å². The van der Waals surface area contributed by atoms with Gasteiger partial charge in [0.15, 0.2) is 0 Å². The monoisotopic (exact) mass is 153 g/mol. The van der Waals surface area contributed by atoms with Gasteiger partial charge in [0, 0.05) is 0 Å². The van der Waals surface area contributed by atoms with Crippen molar-refractivity contribution in [2.24, 2.45) is 0 Å². The molecule has 1 atom stereocenters. The van der Waals surface area contributed by atoms with Crippen molar-refractivity contribution in [2.75, 3.05) is 6.54 Å². The number of rotatable bonds is 2. The van der Waals surface area contributed by atoms with E-state index >= 15 is 0 Å². The van der Waals surface area contributed by atoms with Gasteiger partial charge in [-0.25, -0.2) is 0 Å². The molecular formula is C9H15NO. The summed E-state index contributed by atoms with van der Waals surface area (Å²) in [6.07, 6.45) is 7.74. The minimum absolute atomic E-state index is 0.200. The summed E-state index contributed by atoms with van der Waals surface area (Å²) in [5.41, 5.74) is 0. The molecule has 1 aliphatic rings. The molecule has 0 aromatic carbocycles. The van der Waals surface area contributed by atoms with Crippen LogP contribution in [0.3, 0.4) is 0 Å². The van der Waals surface area contributed by atoms with Gasteiger partial charge in [-0.1, -0.05) is 12.2 Å². The fourth-order valence-corrected chi connectivity index (χ4v) is 1.25. The molecule has 1 unspecified atom stereocenters. The second kappa shape index (κ2) is 4.19. The zero-order chi connectivity index (χ0) is 8.10. The van der Waals surface area contributed by atoms with E-state index in [4.69, 9.17) is 0 Å². The Kier molecular flexibility index (Phi) is 3.17. The highest BCUT2D eigenvalue weighted by Gasteiger charge is 2.16. The SMILES string of the molecule is C/C=C/C=C(\O)C1CCCN1. The first-order valence-electron chi connectivity index (χ1n) is 4.10. The van der Waals surface area contributed by atoms with Crippen LogP contribution in [0.1, 0.15) is 19.8 Å². The normalized spacial score (nSPS) is 26.6. The Hall–Kier alpha value is -0.760. The number of allylic oxidation sites excluding steroid dienone is 3. The molecule has 0 bridgehead atoms. The molecule has 0 aliphatic carbocycles. The average Bonchev–Trinajstić information content (AvgIpc) is 2.52. The Balaban J connectivity index is 2.44. The summed E-state index contributed by atoms with van der Waals surface area (Å²) in [5.74, 6) is 0.459. The fraction of sp³-hybridized carbons (Fsp3) is 0.556. The molecule has 0 saturated carbocycles. The maximum Gasteiger partial charge on any atom is 0.109 e. The topological polar surface area (TPSA) is 32.3 Å². The van der Waals surface area contributed by atoms with Crippen molar-refractivity contribution in [1.29, 1.82) is 0 Å². The van der Waals surface area contributed by atoms with Crippen LogP contribution in [0.5, 0.6) is 0 Å². The molecule has 0 radical (unpaired) electrons. The summed E-state index contributed by atoms with van der Waals surface area (Å²) in [6.45, 7) is 2.96. The van der Waals surface area contributed by atoms with Crippen molar-refractivity contribution in [2.45, 2.75) is 25.8 Å². The second-order valence-corrected chi connectivity index (χ2v) is 2.77. The third-order valence-corrected chi connectivity index (χ3v) is 1.88. The molecule has 1 rings (SSSR count). The van der Waals surface area contributed by atoms with E-state index in [-0.39, 0.29) is 6.04 Å². The molecule has 1 aliphatic heterocycles. The molecule has 2 N–H and O–H groups in total. The van der Waals surface area contributed by atoms with Gasteiger partial charge < -0.3 is 10.4 Å². The van der Waals surface area contributed by atoms with Crippen LogP contribution in [0.4, 0.5) is 0 Å². The van der Waals surface area contributed by atoms with Gasteiger partial charge in [0.1, 0.15) is 5.76 Å². The average molecular weight is 153 g/mol. The largest absolute Gasteiger partial charge is 0.511 e. The van der Waals surface area contributed by atoms with E-state index in [0.717, 1.165) is 13.0 Å². The first-order valence-corrected chi connectivity index (χ1v) is 4.10. The van der Waals surface area contributed by atoms with Crippen molar-refractivity contribution < 1.29 is 5.11 Å². The minimum atomic E-state index is 0.200. The second-order valence-electron chi connectivity index (χ2n) is 2.77. The van der Waals surface area contributed by atoms with Crippen molar-refractivity contribution >= 4 is 0 Å². The van der Waals surface area contributed by atoms with Crippen molar-refractivity contribution in [3.8, 4) is 0 Å². The maximum atomic E-state index is 9.43. The first-order chi connectivity index (χ1) is 5.34. The van der Waals surface area contributed by atoms with Gasteiger partial charge >= 0.3 is 0 Å². The van der Waals surface area contributed by atoms with Crippen LogP contribution >= 0.6 is 0 Å². The predicted molar refractivity (Wildman–Crippen MR) is 46.6 cm³/mol. The number of nitrogens with one attached hydrogen (secondary N) is 1. The molecule has 62 valence electrons. The van der Waals surface area contributed by atoms with E-state index in [1.807, 2.05) is 19.1 Å². The van der Waals surface area contributed by atoms with E-state index in [1.54, 1.807) is 6.08 Å². The molecule has 1 fully saturated rings. The third-order valence-electron chi connectivity index (χ3n) is 1.88. The highest BCUT2D eigenvalue weighted by molar-refractivity contribution is 5.12. The molecule has 0 amide bonds. The van der Waals surface area contributed by atoms with Gasteiger partial charge in [0.05, 0.1) is 6.04 Å². The Labute approximate surface area is 67.6 Å². The van der Waals surface area contributed by atoms with Crippen LogP contribution < -0.4 is 5.32 Å². The van der Waals surface area contributed by atoms with Gasteiger partial charge in [-0.3, -0.25) is 0 Å². The molecule has 1 saturated heterocycles. The summed E-state index contributed by atoms with van der Waals surface area (Å²) in [5, 5.41) is 12.6. The van der Waals surface area contributed by atoms with E-state index < -0.39 is 0 Å². The Morgan fingerprint density at radius 3 is 3.00 bits per heavy atom. The summed E-state index contributed by atoms with van der Waals surface area (Å²) >= 11 is 0. The molecule has 0 spiro atoms. The first kappa shape index (κ1) is 8.34. The summed E-state index contributed by atoms with van der Waals surface area (Å²) in [7, 11) is 0. The third kappa shape index (κ3) is 2.39. The number of hydrogen-bond acceptors (Lipinski definition) is 2. The lowest BCUT2D eigenvalue weighted by molar-refractivity contribution is 0.355. The van der Waals surface area contributed by atoms with Crippen molar-refractivity contribution in [3.63, 3.8) is 0 Å². The quantitative estimate of drug-likeness (QED) is 0.468. The number of aliphatic hydroxyl groups is 1. The van der Waals surface area contributed by atoms with Crippen LogP contribution in [0.2, 0.25) is 0 Å². The molecule has 11 heavy (non-hydrogen) atoms. The van der Waals surface area contributed by atoms with Gasteiger partial charge in [0.2, 0.25) is 0 Å². The molecule has 2 heteroatoms. The lowest BCUT2D eigenvalue weighted by atomic mass is 10.2. The van der Waals surface area contributed by atoms with E-state index in [1.165, 1.54) is 6.42 Å². The lowest BCUT2D eigenvalue weighted by Crippen LogP contribution is -2.23. The van der Waals surface area contributed by atoms with E-state index in [2.05, 4.69) is 5.32 Å². The Morgan fingerprint density at radius 1 is 1.64 bits per heavy atom. The van der Waals surface area contributed by atoms with Crippen LogP contribution in [-0.2, 0) is 0 Å². The number of hydrogen-bond donors (Lipinski definition) is 2. The highest BCUT2D eigenvalue weighted by Crippen LogP contribution is 2.11. The Morgan fingerprint density at radius 2 is 2.45 bits per heavy atom. The van der Waals surface area contributed by atoms with Gasteiger partial charge in [-0.15, -0.1) is 0 Å². The summed E-state index contributed by atoms with van der Waals surface area (Å²) in [4.78, 5) is 0. The summed E-state index contributed by atoms with van der Waals surface area (Å²) < 4.78 is 0. The van der Waals surface area contributed by atoms with Crippen molar-refractivity contribution in [1.82, 2.24) is 5.32 Å². The van der Waals surface area contributed by atoms with Crippen LogP contribution in [-0.4, -0.2) is 17.7 Å². The van der Waals surface area contributed by atoms with Crippen LogP contribution in [0.15, 0.2) is 24.0 Å². The van der Waals surface area contributed by atoms with Gasteiger partial charge in [-0.05, 0) is 32.4 Å². The molecule has 0 aromatic rings. The van der Waals surface area contributed by atoms with Gasteiger partial charge in [-0.2, -0.15) is 0 Å². The van der Waals surface area contributed by atoms with Crippen LogP contribution in [0, 0.1) is 0 Å². The summed E-state index contributed by atoms with van der Waals surface area (Å²) in [6, 6.07) is 0.200. The minimum Gasteiger partial charge on any atom is -0.511 e. The zero-order valence-corrected chi connectivity index (χ0v) is 6.88. The zero-order valence-electron chi connectivity index (χ0n) is 6.88. The number of aliphatic hydroxyl groups excluding tert-OH is 1. The molecule has 0 aromatic heterocycles. The van der Waals surface area contributed by atoms with E-state index in [0.29, 0.717) is 5.76 Å². The fourth-order valence-electron chi connectivity index (χ4n) is 1.25. The highest BCUT2D eigenvalue weighted by atomic mass is 16.3. The molecule has 2 nitrogen and oxygen atoms in total. The van der Waals surface area contributed by atoms with Crippen LogP contribution in [0.25, 0.3) is 0 Å². The predicted octanol–water partition coefficient (Wildman–Crippen LogP) is 1.76. The molecular weight excluding hydrogens is 138 g/mol. The molecule has 1 heterocycles. The lowest BCUT2D eigenvalue weighted by Gasteiger charge is -2.07. The smallest absolute Gasteiger partial charge is 0.109 e. The van der Waals surface area contributed by atoms with E-state index in [9.17, 15) is 5.11 Å². The Bertz CT molecular complexity index is 166. The van der Waals surface area contributed by atoms with Gasteiger partial charge in [0.25, 0.3) is 0 Å². The maximum absolute atomic E-state index is 9.43.